The topological polar surface area (TPSA) is 111 Å². The number of aliphatic hydroxyl groups is 1. The number of hydrogen-bond acceptors (Lipinski definition) is 7. The summed E-state index contributed by atoms with van der Waals surface area (Å²) in [6.07, 6.45) is 9.36. The van der Waals surface area contributed by atoms with E-state index in [0.29, 0.717) is 32.7 Å². The highest BCUT2D eigenvalue weighted by molar-refractivity contribution is 6.05. The molecule has 8 atom stereocenters. The molecule has 0 aromatic rings. The second-order valence-electron chi connectivity index (χ2n) is 17.8. The standard InChI is InChI=1S/C38H55N3O5/c1-32(2)26-9-10-36(6)27(35(26,5)20-25(22-39)31(32)44)19-29(42)38(45)28-21-33(3,11-12-34(28,4)13-14-37(36,38)7)24-40(8)30(43)23-41-15-17-46-18-16-41/h19-20,26,28,45H,9-18,21,23-24H2,1-8H3/t26-,28+,33-,34+,35-,36+,37-,38+/m0/s1. The Morgan fingerprint density at radius 1 is 1.02 bits per heavy atom. The number of amides is 1. The molecule has 8 heteroatoms. The Hall–Kier alpha value is -2.34. The van der Waals surface area contributed by atoms with Gasteiger partial charge in [0.25, 0.3) is 0 Å². The van der Waals surface area contributed by atoms with Gasteiger partial charge in [0, 0.05) is 48.8 Å². The summed E-state index contributed by atoms with van der Waals surface area (Å²) in [6.45, 7) is 18.7. The molecule has 3 saturated carbocycles. The fourth-order valence-corrected chi connectivity index (χ4v) is 11.7. The first-order chi connectivity index (χ1) is 21.3. The second kappa shape index (κ2) is 10.6. The fraction of sp³-hybridized carbons (Fsp3) is 0.789. The first-order valence-corrected chi connectivity index (χ1v) is 17.5. The van der Waals surface area contributed by atoms with Crippen LogP contribution in [-0.2, 0) is 19.1 Å². The van der Waals surface area contributed by atoms with E-state index in [1.165, 1.54) is 0 Å². The van der Waals surface area contributed by atoms with Crippen LogP contribution in [0.15, 0.2) is 23.3 Å². The van der Waals surface area contributed by atoms with Crippen LogP contribution >= 0.6 is 0 Å². The van der Waals surface area contributed by atoms with Gasteiger partial charge in [0.05, 0.1) is 25.3 Å². The predicted octanol–water partition coefficient (Wildman–Crippen LogP) is 5.11. The quantitative estimate of drug-likeness (QED) is 0.458. The highest BCUT2D eigenvalue weighted by Gasteiger charge is 2.75. The predicted molar refractivity (Wildman–Crippen MR) is 175 cm³/mol. The molecule has 5 aliphatic carbocycles. The van der Waals surface area contributed by atoms with Crippen molar-refractivity contribution in [2.75, 3.05) is 46.4 Å². The summed E-state index contributed by atoms with van der Waals surface area (Å²) in [5.41, 5.74) is -3.39. The maximum atomic E-state index is 14.7. The fourth-order valence-electron chi connectivity index (χ4n) is 11.7. The minimum atomic E-state index is -1.55. The van der Waals surface area contributed by atoms with Gasteiger partial charge in [0.15, 0.2) is 11.6 Å². The van der Waals surface area contributed by atoms with Gasteiger partial charge < -0.3 is 14.7 Å². The minimum Gasteiger partial charge on any atom is -0.381 e. The van der Waals surface area contributed by atoms with E-state index in [0.717, 1.165) is 57.2 Å². The van der Waals surface area contributed by atoms with Crippen LogP contribution in [0, 0.1) is 55.7 Å². The Balaban J connectivity index is 1.35. The Morgan fingerprint density at radius 3 is 2.33 bits per heavy atom. The zero-order valence-electron chi connectivity index (χ0n) is 29.4. The van der Waals surface area contributed by atoms with Crippen molar-refractivity contribution in [3.8, 4) is 6.07 Å². The van der Waals surface area contributed by atoms with E-state index in [1.54, 1.807) is 6.08 Å². The van der Waals surface area contributed by atoms with E-state index in [2.05, 4.69) is 45.6 Å². The summed E-state index contributed by atoms with van der Waals surface area (Å²) >= 11 is 0. The van der Waals surface area contributed by atoms with E-state index < -0.39 is 27.3 Å². The van der Waals surface area contributed by atoms with Crippen LogP contribution in [0.4, 0.5) is 0 Å². The molecule has 4 fully saturated rings. The zero-order valence-corrected chi connectivity index (χ0v) is 29.4. The summed E-state index contributed by atoms with van der Waals surface area (Å²) in [6, 6.07) is 2.17. The number of likely N-dealkylation sites (N-methyl/N-ethyl adjacent to an activating group) is 1. The van der Waals surface area contributed by atoms with E-state index in [9.17, 15) is 24.8 Å². The first-order valence-electron chi connectivity index (χ1n) is 17.5. The molecule has 1 saturated heterocycles. The number of nitriles is 1. The van der Waals surface area contributed by atoms with Crippen molar-refractivity contribution in [3.63, 3.8) is 0 Å². The van der Waals surface area contributed by atoms with Crippen LogP contribution in [0.25, 0.3) is 0 Å². The number of Topliss-reactive ketones (excluding diaryl/α,β-unsaturated/α-hetero) is 1. The van der Waals surface area contributed by atoms with Crippen LogP contribution in [0.2, 0.25) is 0 Å². The largest absolute Gasteiger partial charge is 0.381 e. The molecular formula is C38H55N3O5. The maximum absolute atomic E-state index is 14.7. The molecule has 0 aromatic heterocycles. The number of ether oxygens (including phenoxy) is 1. The average molecular weight is 634 g/mol. The summed E-state index contributed by atoms with van der Waals surface area (Å²) in [5, 5.41) is 23.2. The number of nitrogens with zero attached hydrogens (tertiary/aromatic N) is 3. The van der Waals surface area contributed by atoms with Gasteiger partial charge in [0.2, 0.25) is 5.91 Å². The monoisotopic (exact) mass is 633 g/mol. The van der Waals surface area contributed by atoms with Crippen molar-refractivity contribution in [1.82, 2.24) is 9.80 Å². The van der Waals surface area contributed by atoms with Crippen LogP contribution in [0.1, 0.15) is 93.4 Å². The van der Waals surface area contributed by atoms with Crippen LogP contribution in [0.3, 0.4) is 0 Å². The van der Waals surface area contributed by atoms with Crippen molar-refractivity contribution in [3.05, 3.63) is 23.3 Å². The van der Waals surface area contributed by atoms with Gasteiger partial charge in [-0.3, -0.25) is 19.3 Å². The lowest BCUT2D eigenvalue weighted by molar-refractivity contribution is -0.243. The van der Waals surface area contributed by atoms with Gasteiger partial charge in [-0.25, -0.2) is 0 Å². The SMILES string of the molecule is CN(C[C@@]1(C)CC[C@]2(C)CC[C@@]3(C)[C@]4(C)CC[C@H]5C(C)(C)C(=O)C(C#N)=C[C@]5(C)C4=CC(=O)[C@]3(O)[C@@H]2C1)C(=O)CN1CCOCC1. The van der Waals surface area contributed by atoms with Gasteiger partial charge >= 0.3 is 0 Å². The molecule has 8 nitrogen and oxygen atoms in total. The molecule has 0 radical (unpaired) electrons. The van der Waals surface area contributed by atoms with Crippen molar-refractivity contribution in [1.29, 1.82) is 5.26 Å². The van der Waals surface area contributed by atoms with Crippen molar-refractivity contribution in [2.45, 2.75) is 99.0 Å². The Labute approximate surface area is 275 Å². The maximum Gasteiger partial charge on any atom is 0.236 e. The third-order valence-electron chi connectivity index (χ3n) is 14.9. The van der Waals surface area contributed by atoms with Gasteiger partial charge in [-0.15, -0.1) is 0 Å². The average Bonchev–Trinajstić information content (AvgIpc) is 3.00. The molecule has 0 spiro atoms. The third kappa shape index (κ3) is 4.43. The molecular weight excluding hydrogens is 578 g/mol. The van der Waals surface area contributed by atoms with E-state index in [4.69, 9.17) is 4.74 Å². The molecule has 6 aliphatic rings. The van der Waals surface area contributed by atoms with E-state index >= 15 is 0 Å². The van der Waals surface area contributed by atoms with Crippen LogP contribution < -0.4 is 0 Å². The molecule has 1 aliphatic heterocycles. The van der Waals surface area contributed by atoms with Gasteiger partial charge in [0.1, 0.15) is 11.7 Å². The number of morpholine rings is 1. The third-order valence-corrected chi connectivity index (χ3v) is 14.9. The Bertz CT molecular complexity index is 1450. The molecule has 1 heterocycles. The number of carbonyl (C=O) groups is 3. The lowest BCUT2D eigenvalue weighted by atomic mass is 9.33. The Kier molecular flexibility index (Phi) is 7.72. The molecule has 1 amide bonds. The number of ketones is 2. The first kappa shape index (κ1) is 33.6. The number of carbonyl (C=O) groups excluding carboxylic acids is 3. The van der Waals surface area contributed by atoms with E-state index in [1.807, 2.05) is 31.9 Å². The van der Waals surface area contributed by atoms with Crippen LogP contribution in [0.5, 0.6) is 0 Å². The second-order valence-corrected chi connectivity index (χ2v) is 17.8. The molecule has 0 bridgehead atoms. The lowest BCUT2D eigenvalue weighted by Crippen LogP contribution is -2.74. The normalized spacial score (nSPS) is 45.2. The van der Waals surface area contributed by atoms with Crippen molar-refractivity contribution in [2.24, 2.45) is 44.3 Å². The number of hydrogen-bond donors (Lipinski definition) is 1. The minimum absolute atomic E-state index is 0.0381. The number of allylic oxidation sites excluding steroid dienone is 3. The van der Waals surface area contributed by atoms with Gasteiger partial charge in [-0.1, -0.05) is 54.5 Å². The molecule has 1 N–H and O–H groups in total. The lowest BCUT2D eigenvalue weighted by Gasteiger charge is -2.71. The zero-order chi connectivity index (χ0) is 33.7. The molecule has 6 rings (SSSR count). The molecule has 252 valence electrons. The van der Waals surface area contributed by atoms with Crippen LogP contribution in [-0.4, -0.2) is 84.4 Å². The smallest absolute Gasteiger partial charge is 0.236 e. The molecule has 0 unspecified atom stereocenters. The summed E-state index contributed by atoms with van der Waals surface area (Å²) in [4.78, 5) is 45.4. The number of rotatable bonds is 4. The number of fused-ring (bicyclic) bond motifs is 7. The van der Waals surface area contributed by atoms with Crippen molar-refractivity contribution >= 4 is 17.5 Å². The van der Waals surface area contributed by atoms with Gasteiger partial charge in [-0.05, 0) is 78.8 Å². The summed E-state index contributed by atoms with van der Waals surface area (Å²) in [5.74, 6) is -0.523. The molecule has 46 heavy (non-hydrogen) atoms. The van der Waals surface area contributed by atoms with E-state index in [-0.39, 0.29) is 45.7 Å². The summed E-state index contributed by atoms with van der Waals surface area (Å²) < 4.78 is 5.45. The molecule has 0 aromatic carbocycles. The highest BCUT2D eigenvalue weighted by Crippen LogP contribution is 2.75. The van der Waals surface area contributed by atoms with Crippen molar-refractivity contribution < 1.29 is 24.2 Å². The van der Waals surface area contributed by atoms with Gasteiger partial charge in [-0.2, -0.15) is 5.26 Å². The highest BCUT2D eigenvalue weighted by atomic mass is 16.5. The summed E-state index contributed by atoms with van der Waals surface area (Å²) in [7, 11) is 1.89. The Morgan fingerprint density at radius 2 is 1.67 bits per heavy atom.